The van der Waals surface area contributed by atoms with Crippen LogP contribution in [0.4, 0.5) is 5.95 Å². The van der Waals surface area contributed by atoms with Gasteiger partial charge in [-0.2, -0.15) is 0 Å². The molecular weight excluding hydrogens is 200 g/mol. The molecule has 1 aromatic heterocycles. The number of hydrazine groups is 1. The average molecular weight is 214 g/mol. The lowest BCUT2D eigenvalue weighted by molar-refractivity contribution is 0.693. The van der Waals surface area contributed by atoms with Crippen molar-refractivity contribution in [1.29, 1.82) is 0 Å². The normalized spacial score (nSPS) is 20.0. The van der Waals surface area contributed by atoms with Gasteiger partial charge in [0.15, 0.2) is 0 Å². The number of hydrogen-bond donors (Lipinski definition) is 2. The molecule has 4 nitrogen and oxygen atoms in total. The molecule has 1 aliphatic rings. The molecule has 3 rings (SSSR count). The summed E-state index contributed by atoms with van der Waals surface area (Å²) in [6.07, 6.45) is 2.17. The number of rotatable bonds is 1. The van der Waals surface area contributed by atoms with Gasteiger partial charge in [0.25, 0.3) is 0 Å². The zero-order valence-corrected chi connectivity index (χ0v) is 9.36. The molecule has 1 aromatic carbocycles. The van der Waals surface area contributed by atoms with Crippen LogP contribution in [0.2, 0.25) is 0 Å². The molecule has 0 spiro atoms. The molecule has 82 valence electrons. The Labute approximate surface area is 94.0 Å². The van der Waals surface area contributed by atoms with Gasteiger partial charge in [0.05, 0.1) is 17.1 Å². The first kappa shape index (κ1) is 9.27. The molecule has 1 unspecified atom stereocenters. The molecule has 2 heterocycles. The van der Waals surface area contributed by atoms with Gasteiger partial charge in [0, 0.05) is 5.70 Å². The van der Waals surface area contributed by atoms with E-state index in [1.807, 2.05) is 29.3 Å². The third-order valence-corrected chi connectivity index (χ3v) is 2.80. The van der Waals surface area contributed by atoms with Crippen molar-refractivity contribution in [2.24, 2.45) is 0 Å². The molecule has 4 heteroatoms. The standard InChI is InChI=1S/C12H14N4/c1-8-7-9(2)16(15-8)12-13-10-5-3-4-6-11(10)14-12/h3-7,9,15H,1-2H3,(H,13,14). The minimum Gasteiger partial charge on any atom is -0.323 e. The maximum absolute atomic E-state index is 4.55. The van der Waals surface area contributed by atoms with Gasteiger partial charge >= 0.3 is 0 Å². The molecule has 2 aromatic rings. The van der Waals surface area contributed by atoms with Gasteiger partial charge in [-0.05, 0) is 32.1 Å². The van der Waals surface area contributed by atoms with Crippen LogP contribution in [0.3, 0.4) is 0 Å². The highest BCUT2D eigenvalue weighted by molar-refractivity contribution is 5.77. The average Bonchev–Trinajstić information content (AvgIpc) is 2.81. The van der Waals surface area contributed by atoms with Crippen molar-refractivity contribution in [1.82, 2.24) is 15.4 Å². The van der Waals surface area contributed by atoms with E-state index in [1.165, 1.54) is 0 Å². The van der Waals surface area contributed by atoms with Crippen LogP contribution in [0.5, 0.6) is 0 Å². The van der Waals surface area contributed by atoms with Crippen molar-refractivity contribution in [3.05, 3.63) is 36.0 Å². The summed E-state index contributed by atoms with van der Waals surface area (Å²) in [5.41, 5.74) is 6.50. The summed E-state index contributed by atoms with van der Waals surface area (Å²) in [4.78, 5) is 7.86. The van der Waals surface area contributed by atoms with E-state index in [0.717, 1.165) is 22.7 Å². The lowest BCUT2D eigenvalue weighted by Crippen LogP contribution is -2.37. The van der Waals surface area contributed by atoms with Gasteiger partial charge < -0.3 is 10.4 Å². The van der Waals surface area contributed by atoms with Crippen LogP contribution in [0.1, 0.15) is 13.8 Å². The summed E-state index contributed by atoms with van der Waals surface area (Å²) >= 11 is 0. The number of hydrogen-bond acceptors (Lipinski definition) is 3. The number of fused-ring (bicyclic) bond motifs is 1. The summed E-state index contributed by atoms with van der Waals surface area (Å²) in [7, 11) is 0. The number of aromatic amines is 1. The van der Waals surface area contributed by atoms with Crippen LogP contribution in [0, 0.1) is 0 Å². The monoisotopic (exact) mass is 214 g/mol. The number of nitrogens with one attached hydrogen (secondary N) is 2. The highest BCUT2D eigenvalue weighted by Gasteiger charge is 2.21. The zero-order chi connectivity index (χ0) is 11.1. The largest absolute Gasteiger partial charge is 0.323 e. The third kappa shape index (κ3) is 1.34. The smallest absolute Gasteiger partial charge is 0.223 e. The maximum atomic E-state index is 4.55. The molecule has 0 fully saturated rings. The number of nitrogens with zero attached hydrogens (tertiary/aromatic N) is 2. The molecule has 16 heavy (non-hydrogen) atoms. The molecule has 0 bridgehead atoms. The molecule has 0 saturated heterocycles. The van der Waals surface area contributed by atoms with Crippen molar-refractivity contribution in [2.75, 3.05) is 5.01 Å². The second-order valence-electron chi connectivity index (χ2n) is 4.15. The quantitative estimate of drug-likeness (QED) is 0.764. The van der Waals surface area contributed by atoms with Crippen LogP contribution in [-0.4, -0.2) is 16.0 Å². The number of aromatic nitrogens is 2. The summed E-state index contributed by atoms with van der Waals surface area (Å²) in [6.45, 7) is 4.19. The lowest BCUT2D eigenvalue weighted by Gasteiger charge is -2.21. The molecule has 0 amide bonds. The Morgan fingerprint density at radius 2 is 2.12 bits per heavy atom. The summed E-state index contributed by atoms with van der Waals surface area (Å²) in [5.74, 6) is 0.863. The molecule has 0 radical (unpaired) electrons. The van der Waals surface area contributed by atoms with Gasteiger partial charge in [-0.15, -0.1) is 0 Å². The summed E-state index contributed by atoms with van der Waals surface area (Å²) in [6, 6.07) is 8.37. The fourth-order valence-corrected chi connectivity index (χ4v) is 2.06. The van der Waals surface area contributed by atoms with Crippen LogP contribution in [0.15, 0.2) is 36.0 Å². The second kappa shape index (κ2) is 3.27. The topological polar surface area (TPSA) is 44.0 Å². The fourth-order valence-electron chi connectivity index (χ4n) is 2.06. The molecule has 2 N–H and O–H groups in total. The van der Waals surface area contributed by atoms with E-state index in [1.54, 1.807) is 0 Å². The minimum atomic E-state index is 0.320. The number of benzene rings is 1. The van der Waals surface area contributed by atoms with Gasteiger partial charge in [0.1, 0.15) is 0 Å². The van der Waals surface area contributed by atoms with E-state index in [9.17, 15) is 0 Å². The SMILES string of the molecule is CC1=CC(C)N(c2nc3ccccc3[nH]2)N1. The number of allylic oxidation sites excluding steroid dienone is 1. The lowest BCUT2D eigenvalue weighted by atomic mass is 10.3. The van der Waals surface area contributed by atoms with Crippen LogP contribution in [-0.2, 0) is 0 Å². The second-order valence-corrected chi connectivity index (χ2v) is 4.15. The predicted molar refractivity (Wildman–Crippen MR) is 64.9 cm³/mol. The van der Waals surface area contributed by atoms with Gasteiger partial charge in [-0.25, -0.2) is 9.99 Å². The zero-order valence-electron chi connectivity index (χ0n) is 9.36. The van der Waals surface area contributed by atoms with E-state index in [4.69, 9.17) is 0 Å². The van der Waals surface area contributed by atoms with Crippen molar-refractivity contribution >= 4 is 17.0 Å². The Balaban J connectivity index is 2.01. The number of para-hydroxylation sites is 2. The van der Waals surface area contributed by atoms with E-state index in [0.29, 0.717) is 6.04 Å². The van der Waals surface area contributed by atoms with Gasteiger partial charge in [-0.3, -0.25) is 0 Å². The van der Waals surface area contributed by atoms with Crippen molar-refractivity contribution in [3.63, 3.8) is 0 Å². The van der Waals surface area contributed by atoms with E-state index in [-0.39, 0.29) is 0 Å². The molecule has 1 atom stereocenters. The minimum absolute atomic E-state index is 0.320. The first-order chi connectivity index (χ1) is 7.74. The van der Waals surface area contributed by atoms with Crippen molar-refractivity contribution < 1.29 is 0 Å². The fraction of sp³-hybridized carbons (Fsp3) is 0.250. The Morgan fingerprint density at radius 3 is 2.81 bits per heavy atom. The number of H-pyrrole nitrogens is 1. The summed E-state index contributed by atoms with van der Waals surface area (Å²) in [5, 5.41) is 2.04. The highest BCUT2D eigenvalue weighted by Crippen LogP contribution is 2.21. The van der Waals surface area contributed by atoms with Crippen LogP contribution in [0.25, 0.3) is 11.0 Å². The van der Waals surface area contributed by atoms with Crippen molar-refractivity contribution in [2.45, 2.75) is 19.9 Å². The van der Waals surface area contributed by atoms with Crippen LogP contribution >= 0.6 is 0 Å². The Hall–Kier alpha value is -1.97. The Kier molecular flexibility index (Phi) is 1.89. The highest BCUT2D eigenvalue weighted by atomic mass is 15.6. The first-order valence-electron chi connectivity index (χ1n) is 5.43. The van der Waals surface area contributed by atoms with Crippen molar-refractivity contribution in [3.8, 4) is 0 Å². The summed E-state index contributed by atoms with van der Waals surface area (Å²) < 4.78 is 0. The molecule has 0 aliphatic carbocycles. The molecule has 0 saturated carbocycles. The number of anilines is 1. The van der Waals surface area contributed by atoms with Gasteiger partial charge in [0.2, 0.25) is 5.95 Å². The molecular formula is C12H14N4. The Bertz CT molecular complexity index is 522. The Morgan fingerprint density at radius 1 is 1.31 bits per heavy atom. The van der Waals surface area contributed by atoms with Gasteiger partial charge in [-0.1, -0.05) is 12.1 Å². The first-order valence-corrected chi connectivity index (χ1v) is 5.43. The van der Waals surface area contributed by atoms with E-state index >= 15 is 0 Å². The molecule has 1 aliphatic heterocycles. The van der Waals surface area contributed by atoms with E-state index < -0.39 is 0 Å². The predicted octanol–water partition coefficient (Wildman–Crippen LogP) is 2.18. The third-order valence-electron chi connectivity index (χ3n) is 2.80. The van der Waals surface area contributed by atoms with Crippen LogP contribution < -0.4 is 10.4 Å². The maximum Gasteiger partial charge on any atom is 0.223 e. The number of imidazole rings is 1. The van der Waals surface area contributed by atoms with E-state index in [2.05, 4.69) is 35.3 Å².